The fraction of sp³-hybridized carbons (Fsp3) is 0. The first kappa shape index (κ1) is 12.6. The highest BCUT2D eigenvalue weighted by Crippen LogP contribution is 2.11. The monoisotopic (exact) mass is 301 g/mol. The van der Waals surface area contributed by atoms with Gasteiger partial charge in [-0.3, -0.25) is 4.79 Å². The minimum Gasteiger partial charge on any atom is -0.329 e. The summed E-state index contributed by atoms with van der Waals surface area (Å²) in [6.07, 6.45) is 3.51. The lowest BCUT2D eigenvalue weighted by atomic mass is 10.2. The van der Waals surface area contributed by atoms with Crippen molar-refractivity contribution in [3.8, 4) is 0 Å². The number of hydrogen-bond donors (Lipinski definition) is 1. The minimum atomic E-state index is -0.122. The minimum absolute atomic E-state index is 0.122. The molecule has 0 heterocycles. The van der Waals surface area contributed by atoms with E-state index < -0.39 is 0 Å². The zero-order chi connectivity index (χ0) is 12.8. The van der Waals surface area contributed by atoms with Gasteiger partial charge in [-0.15, -0.1) is 0 Å². The van der Waals surface area contributed by atoms with Crippen molar-refractivity contribution in [2.24, 2.45) is 0 Å². The number of benzene rings is 2. The highest BCUT2D eigenvalue weighted by Gasteiger charge is 2.02. The first-order valence-corrected chi connectivity index (χ1v) is 6.33. The number of hydrogen-bond acceptors (Lipinski definition) is 1. The van der Waals surface area contributed by atoms with Gasteiger partial charge in [-0.25, -0.2) is 0 Å². The van der Waals surface area contributed by atoms with Gasteiger partial charge in [0.05, 0.1) is 0 Å². The number of nitrogens with one attached hydrogen (secondary N) is 1. The molecule has 0 spiro atoms. The van der Waals surface area contributed by atoms with Crippen molar-refractivity contribution >= 4 is 27.9 Å². The standard InChI is InChI=1S/C15H12BrNO/c16-14-8-4-7-13(11-14)15(18)17-10-9-12-5-2-1-3-6-12/h1-11H,(H,17,18)/b10-9+. The maximum absolute atomic E-state index is 11.8. The fourth-order valence-corrected chi connectivity index (χ4v) is 1.89. The van der Waals surface area contributed by atoms with E-state index in [0.29, 0.717) is 5.56 Å². The predicted molar refractivity (Wildman–Crippen MR) is 77.1 cm³/mol. The molecule has 0 aromatic heterocycles. The maximum Gasteiger partial charge on any atom is 0.255 e. The molecule has 2 nitrogen and oxygen atoms in total. The third kappa shape index (κ3) is 3.57. The normalized spacial score (nSPS) is 10.5. The Kier molecular flexibility index (Phi) is 4.31. The molecule has 0 aliphatic heterocycles. The highest BCUT2D eigenvalue weighted by atomic mass is 79.9. The average molecular weight is 302 g/mol. The number of rotatable bonds is 3. The van der Waals surface area contributed by atoms with Crippen molar-refractivity contribution in [1.29, 1.82) is 0 Å². The van der Waals surface area contributed by atoms with Crippen LogP contribution in [0, 0.1) is 0 Å². The predicted octanol–water partition coefficient (Wildman–Crippen LogP) is 3.85. The summed E-state index contributed by atoms with van der Waals surface area (Å²) in [5, 5.41) is 2.73. The Bertz CT molecular complexity index is 564. The molecule has 0 unspecified atom stereocenters. The molecular formula is C15H12BrNO. The molecule has 0 aliphatic carbocycles. The molecule has 1 amide bonds. The van der Waals surface area contributed by atoms with Gasteiger partial charge >= 0.3 is 0 Å². The second-order valence-corrected chi connectivity index (χ2v) is 4.64. The maximum atomic E-state index is 11.8. The second kappa shape index (κ2) is 6.17. The van der Waals surface area contributed by atoms with Gasteiger partial charge in [0.25, 0.3) is 5.91 Å². The van der Waals surface area contributed by atoms with Gasteiger partial charge in [0.2, 0.25) is 0 Å². The molecule has 0 saturated carbocycles. The van der Waals surface area contributed by atoms with Crippen LogP contribution in [0.15, 0.2) is 65.3 Å². The average Bonchev–Trinajstić information content (AvgIpc) is 2.40. The van der Waals surface area contributed by atoms with Crippen LogP contribution < -0.4 is 5.32 Å². The van der Waals surface area contributed by atoms with E-state index in [2.05, 4.69) is 21.2 Å². The lowest BCUT2D eigenvalue weighted by Gasteiger charge is -2.00. The molecule has 0 atom stereocenters. The van der Waals surface area contributed by atoms with Gasteiger partial charge in [0.1, 0.15) is 0 Å². The van der Waals surface area contributed by atoms with Crippen molar-refractivity contribution < 1.29 is 4.79 Å². The largest absolute Gasteiger partial charge is 0.329 e. The van der Waals surface area contributed by atoms with Crippen LogP contribution in [0.3, 0.4) is 0 Å². The van der Waals surface area contributed by atoms with Crippen LogP contribution in [-0.4, -0.2) is 5.91 Å². The summed E-state index contributed by atoms with van der Waals surface area (Å²) >= 11 is 3.34. The zero-order valence-electron chi connectivity index (χ0n) is 9.64. The molecule has 0 aliphatic rings. The van der Waals surface area contributed by atoms with Crippen LogP contribution in [0.1, 0.15) is 15.9 Å². The third-order valence-corrected chi connectivity index (χ3v) is 2.87. The molecule has 3 heteroatoms. The van der Waals surface area contributed by atoms with Gasteiger partial charge in [-0.2, -0.15) is 0 Å². The van der Waals surface area contributed by atoms with Gasteiger partial charge in [0.15, 0.2) is 0 Å². The Labute approximate surface area is 114 Å². The Morgan fingerprint density at radius 3 is 2.56 bits per heavy atom. The summed E-state index contributed by atoms with van der Waals surface area (Å²) in [4.78, 5) is 11.8. The summed E-state index contributed by atoms with van der Waals surface area (Å²) in [5.74, 6) is -0.122. The number of halogens is 1. The Hall–Kier alpha value is -1.87. The van der Waals surface area contributed by atoms with E-state index in [1.54, 1.807) is 18.3 Å². The SMILES string of the molecule is O=C(N/C=C/c1ccccc1)c1cccc(Br)c1. The van der Waals surface area contributed by atoms with E-state index >= 15 is 0 Å². The zero-order valence-corrected chi connectivity index (χ0v) is 11.2. The molecule has 90 valence electrons. The van der Waals surface area contributed by atoms with Crippen LogP contribution in [0.4, 0.5) is 0 Å². The van der Waals surface area contributed by atoms with Gasteiger partial charge < -0.3 is 5.32 Å². The van der Waals surface area contributed by atoms with E-state index in [4.69, 9.17) is 0 Å². The Balaban J connectivity index is 1.99. The van der Waals surface area contributed by atoms with Gasteiger partial charge in [-0.1, -0.05) is 52.3 Å². The van der Waals surface area contributed by atoms with Crippen molar-refractivity contribution in [2.75, 3.05) is 0 Å². The quantitative estimate of drug-likeness (QED) is 0.916. The van der Waals surface area contributed by atoms with Crippen molar-refractivity contribution in [2.45, 2.75) is 0 Å². The fourth-order valence-electron chi connectivity index (χ4n) is 1.49. The molecule has 0 fully saturated rings. The number of carbonyl (C=O) groups excluding carboxylic acids is 1. The van der Waals surface area contributed by atoms with Gasteiger partial charge in [-0.05, 0) is 29.8 Å². The summed E-state index contributed by atoms with van der Waals surface area (Å²) in [7, 11) is 0. The van der Waals surface area contributed by atoms with E-state index in [-0.39, 0.29) is 5.91 Å². The Morgan fingerprint density at radius 2 is 1.83 bits per heavy atom. The molecule has 18 heavy (non-hydrogen) atoms. The van der Waals surface area contributed by atoms with Crippen LogP contribution >= 0.6 is 15.9 Å². The first-order chi connectivity index (χ1) is 8.75. The van der Waals surface area contributed by atoms with Crippen molar-refractivity contribution in [3.05, 3.63) is 76.4 Å². The summed E-state index contributed by atoms with van der Waals surface area (Å²) in [5.41, 5.74) is 1.68. The van der Waals surface area contributed by atoms with E-state index in [9.17, 15) is 4.79 Å². The topological polar surface area (TPSA) is 29.1 Å². The molecular weight excluding hydrogens is 290 g/mol. The van der Waals surface area contributed by atoms with E-state index in [1.807, 2.05) is 48.5 Å². The lowest BCUT2D eigenvalue weighted by Crippen LogP contribution is -2.16. The molecule has 2 aromatic carbocycles. The number of amides is 1. The molecule has 1 N–H and O–H groups in total. The third-order valence-electron chi connectivity index (χ3n) is 2.38. The first-order valence-electron chi connectivity index (χ1n) is 5.54. The van der Waals surface area contributed by atoms with Crippen LogP contribution in [0.25, 0.3) is 6.08 Å². The number of carbonyl (C=O) groups is 1. The van der Waals surface area contributed by atoms with Gasteiger partial charge in [0, 0.05) is 16.2 Å². The molecule has 0 radical (unpaired) electrons. The summed E-state index contributed by atoms with van der Waals surface area (Å²) < 4.78 is 0.891. The summed E-state index contributed by atoms with van der Waals surface area (Å²) in [6.45, 7) is 0. The molecule has 0 saturated heterocycles. The van der Waals surface area contributed by atoms with Crippen molar-refractivity contribution in [1.82, 2.24) is 5.32 Å². The van der Waals surface area contributed by atoms with Crippen molar-refractivity contribution in [3.63, 3.8) is 0 Å². The molecule has 2 rings (SSSR count). The molecule has 0 bridgehead atoms. The van der Waals surface area contributed by atoms with Crippen LogP contribution in [0.2, 0.25) is 0 Å². The second-order valence-electron chi connectivity index (χ2n) is 3.73. The highest BCUT2D eigenvalue weighted by molar-refractivity contribution is 9.10. The van der Waals surface area contributed by atoms with E-state index in [1.165, 1.54) is 0 Å². The van der Waals surface area contributed by atoms with Crippen LogP contribution in [-0.2, 0) is 0 Å². The summed E-state index contributed by atoms with van der Waals surface area (Å²) in [6, 6.07) is 17.1. The smallest absolute Gasteiger partial charge is 0.255 e. The van der Waals surface area contributed by atoms with Crippen LogP contribution in [0.5, 0.6) is 0 Å². The van der Waals surface area contributed by atoms with E-state index in [0.717, 1.165) is 10.0 Å². The molecule has 2 aromatic rings. The Morgan fingerprint density at radius 1 is 1.06 bits per heavy atom. The lowest BCUT2D eigenvalue weighted by molar-refractivity contribution is 0.0970.